The van der Waals surface area contributed by atoms with Gasteiger partial charge in [0.05, 0.1) is 6.61 Å². The van der Waals surface area contributed by atoms with E-state index in [1.165, 1.54) is 108 Å². The Bertz CT molecular complexity index is 501. The maximum Gasteiger partial charge on any atom is 0.102 e. The van der Waals surface area contributed by atoms with E-state index in [9.17, 15) is 0 Å². The van der Waals surface area contributed by atoms with E-state index in [1.807, 2.05) is 0 Å². The van der Waals surface area contributed by atoms with Gasteiger partial charge in [-0.05, 0) is 42.1 Å². The highest BCUT2D eigenvalue weighted by molar-refractivity contribution is 5.28. The second-order valence-electron chi connectivity index (χ2n) is 12.4. The molecule has 0 radical (unpaired) electrons. The second-order valence-corrected chi connectivity index (χ2v) is 12.4. The van der Waals surface area contributed by atoms with E-state index in [4.69, 9.17) is 4.74 Å². The number of allylic oxidation sites excluding steroid dienone is 2. The van der Waals surface area contributed by atoms with Crippen LogP contribution in [0.15, 0.2) is 11.3 Å². The Hall–Kier alpha value is -0.460. The third-order valence-electron chi connectivity index (χ3n) is 8.01. The van der Waals surface area contributed by atoms with Crippen molar-refractivity contribution in [3.8, 4) is 0 Å². The summed E-state index contributed by atoms with van der Waals surface area (Å²) in [5, 5.41) is 0. The van der Waals surface area contributed by atoms with Crippen LogP contribution in [-0.4, -0.2) is 6.61 Å². The van der Waals surface area contributed by atoms with Gasteiger partial charge in [-0.1, -0.05) is 132 Å². The summed E-state index contributed by atoms with van der Waals surface area (Å²) in [6, 6.07) is 0. The van der Waals surface area contributed by atoms with Crippen LogP contribution >= 0.6 is 0 Å². The van der Waals surface area contributed by atoms with Crippen molar-refractivity contribution in [2.75, 3.05) is 6.61 Å². The van der Waals surface area contributed by atoms with Crippen molar-refractivity contribution in [3.63, 3.8) is 0 Å². The lowest BCUT2D eigenvalue weighted by molar-refractivity contribution is 0.0135. The number of hydrogen-bond donors (Lipinski definition) is 0. The first-order chi connectivity index (χ1) is 14.6. The van der Waals surface area contributed by atoms with E-state index >= 15 is 0 Å². The van der Waals surface area contributed by atoms with Crippen LogP contribution in [0.3, 0.4) is 0 Å². The fourth-order valence-electron chi connectivity index (χ4n) is 4.83. The lowest BCUT2D eigenvalue weighted by Gasteiger charge is -2.47. The van der Waals surface area contributed by atoms with E-state index in [0.717, 1.165) is 6.61 Å². The molecule has 0 saturated heterocycles. The van der Waals surface area contributed by atoms with E-state index < -0.39 is 0 Å². The first kappa shape index (κ1) is 28.6. The number of unbranched alkanes of at least 4 members (excludes halogenated alkanes) is 11. The van der Waals surface area contributed by atoms with Crippen LogP contribution in [0.5, 0.6) is 0 Å². The quantitative estimate of drug-likeness (QED) is 0.154. The van der Waals surface area contributed by atoms with Gasteiger partial charge in [-0.3, -0.25) is 0 Å². The SMILES string of the molecule is CCCCCCCCCCCCCCOC(=C1CC1)C(C)(CC(C)(C)CC)C(C)(C)C. The van der Waals surface area contributed by atoms with Crippen LogP contribution in [0, 0.1) is 16.2 Å². The van der Waals surface area contributed by atoms with E-state index in [0.29, 0.717) is 5.41 Å². The Morgan fingerprint density at radius 3 is 1.52 bits per heavy atom. The molecule has 1 unspecified atom stereocenters. The third kappa shape index (κ3) is 10.8. The zero-order chi connectivity index (χ0) is 23.4. The number of ether oxygens (including phenoxy) is 1. The molecule has 1 aliphatic rings. The van der Waals surface area contributed by atoms with Crippen molar-refractivity contribution in [3.05, 3.63) is 11.3 Å². The lowest BCUT2D eigenvalue weighted by Crippen LogP contribution is -2.39. The highest BCUT2D eigenvalue weighted by Crippen LogP contribution is 2.55. The fraction of sp³-hybridized carbons (Fsp3) is 0.933. The summed E-state index contributed by atoms with van der Waals surface area (Å²) in [6.45, 7) is 20.1. The van der Waals surface area contributed by atoms with Crippen molar-refractivity contribution >= 4 is 0 Å². The summed E-state index contributed by atoms with van der Waals surface area (Å²) < 4.78 is 6.62. The van der Waals surface area contributed by atoms with E-state index in [-0.39, 0.29) is 10.8 Å². The average molecular weight is 435 g/mol. The monoisotopic (exact) mass is 434 g/mol. The van der Waals surface area contributed by atoms with Gasteiger partial charge < -0.3 is 4.74 Å². The largest absolute Gasteiger partial charge is 0.497 e. The Morgan fingerprint density at radius 1 is 0.677 bits per heavy atom. The molecule has 184 valence electrons. The van der Waals surface area contributed by atoms with Crippen LogP contribution in [0.1, 0.15) is 158 Å². The molecule has 0 spiro atoms. The molecule has 31 heavy (non-hydrogen) atoms. The Morgan fingerprint density at radius 2 is 1.13 bits per heavy atom. The minimum absolute atomic E-state index is 0.121. The lowest BCUT2D eigenvalue weighted by atomic mass is 9.59. The van der Waals surface area contributed by atoms with Crippen LogP contribution < -0.4 is 0 Å². The number of hydrogen-bond acceptors (Lipinski definition) is 1. The van der Waals surface area contributed by atoms with E-state index in [1.54, 1.807) is 5.57 Å². The Balaban J connectivity index is 2.34. The minimum atomic E-state index is 0.121. The van der Waals surface area contributed by atoms with Crippen LogP contribution in [0.2, 0.25) is 0 Å². The summed E-state index contributed by atoms with van der Waals surface area (Å²) >= 11 is 0. The Labute approximate surface area is 197 Å². The summed E-state index contributed by atoms with van der Waals surface area (Å²) in [7, 11) is 0. The first-order valence-electron chi connectivity index (χ1n) is 13.9. The topological polar surface area (TPSA) is 9.23 Å². The molecule has 0 aromatic heterocycles. The van der Waals surface area contributed by atoms with E-state index in [2.05, 4.69) is 55.4 Å². The van der Waals surface area contributed by atoms with Crippen molar-refractivity contribution in [2.24, 2.45) is 16.2 Å². The summed E-state index contributed by atoms with van der Waals surface area (Å²) in [4.78, 5) is 0. The van der Waals surface area contributed by atoms with Crippen LogP contribution in [0.4, 0.5) is 0 Å². The second kappa shape index (κ2) is 13.9. The summed E-state index contributed by atoms with van der Waals surface area (Å²) in [5.41, 5.74) is 2.28. The van der Waals surface area contributed by atoms with Gasteiger partial charge >= 0.3 is 0 Å². The molecule has 0 aromatic rings. The molecular formula is C30H58O. The van der Waals surface area contributed by atoms with Gasteiger partial charge in [0.15, 0.2) is 0 Å². The molecule has 1 nitrogen and oxygen atoms in total. The molecular weight excluding hydrogens is 376 g/mol. The third-order valence-corrected chi connectivity index (χ3v) is 8.01. The van der Waals surface area contributed by atoms with Gasteiger partial charge in [0.25, 0.3) is 0 Å². The van der Waals surface area contributed by atoms with Crippen molar-refractivity contribution in [1.29, 1.82) is 0 Å². The summed E-state index contributed by atoms with van der Waals surface area (Å²) in [5.74, 6) is 1.37. The molecule has 0 aliphatic heterocycles. The number of rotatable bonds is 18. The maximum absolute atomic E-state index is 6.62. The van der Waals surface area contributed by atoms with Crippen molar-refractivity contribution in [2.45, 2.75) is 158 Å². The minimum Gasteiger partial charge on any atom is -0.497 e. The molecule has 0 bridgehead atoms. The molecule has 0 aromatic carbocycles. The standard InChI is InChI=1S/C30H58O/c1-9-11-12-13-14-15-16-17-18-19-20-21-24-31-27(26-22-23-26)30(8,28(3,4)5)25-29(6,7)10-2/h9-25H2,1-8H3. The first-order valence-corrected chi connectivity index (χ1v) is 13.9. The highest BCUT2D eigenvalue weighted by Gasteiger charge is 2.47. The fourth-order valence-corrected chi connectivity index (χ4v) is 4.83. The van der Waals surface area contributed by atoms with Gasteiger partial charge in [-0.2, -0.15) is 0 Å². The zero-order valence-electron chi connectivity index (χ0n) is 22.9. The summed E-state index contributed by atoms with van der Waals surface area (Å²) in [6.07, 6.45) is 21.7. The maximum atomic E-state index is 6.62. The molecule has 1 saturated carbocycles. The molecule has 0 N–H and O–H groups in total. The van der Waals surface area contributed by atoms with Crippen molar-refractivity contribution in [1.82, 2.24) is 0 Å². The highest BCUT2D eigenvalue weighted by atomic mass is 16.5. The normalized spacial score (nSPS) is 16.3. The van der Waals surface area contributed by atoms with Crippen LogP contribution in [0.25, 0.3) is 0 Å². The molecule has 1 atom stereocenters. The van der Waals surface area contributed by atoms with Crippen molar-refractivity contribution < 1.29 is 4.74 Å². The van der Waals surface area contributed by atoms with Gasteiger partial charge in [0, 0.05) is 5.41 Å². The van der Waals surface area contributed by atoms with Gasteiger partial charge in [0.2, 0.25) is 0 Å². The van der Waals surface area contributed by atoms with Gasteiger partial charge in [-0.15, -0.1) is 0 Å². The molecule has 1 heteroatoms. The predicted octanol–water partition coefficient (Wildman–Crippen LogP) is 10.6. The van der Waals surface area contributed by atoms with Gasteiger partial charge in [-0.25, -0.2) is 0 Å². The molecule has 1 rings (SSSR count). The van der Waals surface area contributed by atoms with Crippen LogP contribution in [-0.2, 0) is 4.74 Å². The molecule has 0 amide bonds. The molecule has 1 aliphatic carbocycles. The molecule has 1 fully saturated rings. The predicted molar refractivity (Wildman–Crippen MR) is 140 cm³/mol. The smallest absolute Gasteiger partial charge is 0.102 e. The Kier molecular flexibility index (Phi) is 12.9. The molecule has 0 heterocycles. The van der Waals surface area contributed by atoms with Gasteiger partial charge in [0.1, 0.15) is 5.76 Å². The zero-order valence-corrected chi connectivity index (χ0v) is 22.9. The average Bonchev–Trinajstić information content (AvgIpc) is 3.52.